The van der Waals surface area contributed by atoms with Crippen LogP contribution in [0.2, 0.25) is 0 Å². The number of aliphatic carboxylic acids is 1. The Kier molecular flexibility index (Phi) is 3.65. The number of carbonyl (C=O) groups excluding carboxylic acids is 2. The maximum atomic E-state index is 11.9. The van der Waals surface area contributed by atoms with Crippen molar-refractivity contribution in [3.63, 3.8) is 0 Å². The lowest BCUT2D eigenvalue weighted by molar-refractivity contribution is -0.307. The minimum Gasteiger partial charge on any atom is -0.548 e. The van der Waals surface area contributed by atoms with E-state index in [2.05, 4.69) is 0 Å². The molecule has 0 radical (unpaired) electrons. The zero-order chi connectivity index (χ0) is 11.6. The van der Waals surface area contributed by atoms with E-state index >= 15 is 0 Å². The number of β-lactam (4-membered cyclic amide) rings is 1. The van der Waals surface area contributed by atoms with E-state index in [1.54, 1.807) is 0 Å². The van der Waals surface area contributed by atoms with Crippen LogP contribution in [0.4, 0.5) is 0 Å². The van der Waals surface area contributed by atoms with Crippen molar-refractivity contribution in [2.45, 2.75) is 32.1 Å². The molecule has 86 valence electrons. The smallest absolute Gasteiger partial charge is 0.233 e. The van der Waals surface area contributed by atoms with Crippen LogP contribution in [0.15, 0.2) is 0 Å². The van der Waals surface area contributed by atoms with Crippen molar-refractivity contribution in [3.8, 4) is 0 Å². The van der Waals surface area contributed by atoms with Crippen LogP contribution in [-0.2, 0) is 9.59 Å². The minimum absolute atomic E-state index is 0.0158. The van der Waals surface area contributed by atoms with Crippen LogP contribution in [0.1, 0.15) is 26.7 Å². The van der Waals surface area contributed by atoms with Crippen molar-refractivity contribution < 1.29 is 14.7 Å². The molecule has 1 heterocycles. The first kappa shape index (κ1) is 12.4. The van der Waals surface area contributed by atoms with Gasteiger partial charge in [0.25, 0.3) is 0 Å². The molecular weight excluding hydrogens is 214 g/mol. The van der Waals surface area contributed by atoms with Gasteiger partial charge in [-0.15, -0.1) is 11.8 Å². The number of thioether (sulfide) groups is 1. The maximum Gasteiger partial charge on any atom is 0.233 e. The summed E-state index contributed by atoms with van der Waals surface area (Å²) in [5.74, 6) is -1.24. The Balaban J connectivity index is 2.82. The largest absolute Gasteiger partial charge is 0.548 e. The highest BCUT2D eigenvalue weighted by Gasteiger charge is 2.57. The fourth-order valence-electron chi connectivity index (χ4n) is 2.28. The second-order valence-electron chi connectivity index (χ2n) is 3.76. The molecule has 1 rings (SSSR count). The number of amides is 1. The van der Waals surface area contributed by atoms with Gasteiger partial charge in [0.1, 0.15) is 0 Å². The van der Waals surface area contributed by atoms with Crippen molar-refractivity contribution in [2.24, 2.45) is 5.41 Å². The molecule has 15 heavy (non-hydrogen) atoms. The Morgan fingerprint density at radius 2 is 2.07 bits per heavy atom. The number of carboxylic acids is 1. The van der Waals surface area contributed by atoms with Crippen LogP contribution in [-0.4, -0.2) is 35.0 Å². The first-order valence-electron chi connectivity index (χ1n) is 5.07. The van der Waals surface area contributed by atoms with Gasteiger partial charge < -0.3 is 14.8 Å². The van der Waals surface area contributed by atoms with E-state index in [9.17, 15) is 14.7 Å². The average Bonchev–Trinajstić information content (AvgIpc) is 2.22. The molecule has 1 aliphatic rings. The van der Waals surface area contributed by atoms with Gasteiger partial charge in [-0.05, 0) is 19.1 Å². The topological polar surface area (TPSA) is 60.4 Å². The van der Waals surface area contributed by atoms with Crippen LogP contribution >= 0.6 is 11.8 Å². The Morgan fingerprint density at radius 3 is 2.40 bits per heavy atom. The van der Waals surface area contributed by atoms with Crippen molar-refractivity contribution in [1.29, 1.82) is 0 Å². The number of carbonyl (C=O) groups is 2. The van der Waals surface area contributed by atoms with E-state index in [0.717, 1.165) is 12.8 Å². The van der Waals surface area contributed by atoms with E-state index in [4.69, 9.17) is 0 Å². The highest BCUT2D eigenvalue weighted by Crippen LogP contribution is 2.49. The fraction of sp³-hybridized carbons (Fsp3) is 0.800. The predicted octanol–water partition coefficient (Wildman–Crippen LogP) is 0.0740. The molecule has 1 unspecified atom stereocenters. The Hall–Kier alpha value is -0.710. The predicted molar refractivity (Wildman–Crippen MR) is 57.0 cm³/mol. The van der Waals surface area contributed by atoms with E-state index in [0.29, 0.717) is 0 Å². The number of nitrogens with zero attached hydrogens (tertiary/aromatic N) is 1. The highest BCUT2D eigenvalue weighted by molar-refractivity contribution is 7.99. The van der Waals surface area contributed by atoms with E-state index in [1.807, 2.05) is 20.1 Å². The molecule has 1 amide bonds. The molecule has 1 fully saturated rings. The van der Waals surface area contributed by atoms with Gasteiger partial charge in [0.05, 0.1) is 23.3 Å². The first-order valence-corrected chi connectivity index (χ1v) is 6.36. The molecule has 0 saturated carbocycles. The van der Waals surface area contributed by atoms with Crippen molar-refractivity contribution >= 4 is 23.6 Å². The second-order valence-corrected chi connectivity index (χ2v) is 4.67. The van der Waals surface area contributed by atoms with Gasteiger partial charge in [0.15, 0.2) is 0 Å². The molecule has 1 atom stereocenters. The van der Waals surface area contributed by atoms with E-state index in [-0.39, 0.29) is 23.2 Å². The quantitative estimate of drug-likeness (QED) is 0.627. The average molecular weight is 230 g/mol. The van der Waals surface area contributed by atoms with Crippen LogP contribution in [0.3, 0.4) is 0 Å². The van der Waals surface area contributed by atoms with Crippen LogP contribution in [0.25, 0.3) is 0 Å². The third-order valence-electron chi connectivity index (χ3n) is 3.23. The van der Waals surface area contributed by atoms with E-state index < -0.39 is 5.97 Å². The summed E-state index contributed by atoms with van der Waals surface area (Å²) < 4.78 is 0. The molecule has 0 aromatic heterocycles. The van der Waals surface area contributed by atoms with Gasteiger partial charge in [-0.2, -0.15) is 0 Å². The highest BCUT2D eigenvalue weighted by atomic mass is 32.2. The maximum absolute atomic E-state index is 11.9. The fourth-order valence-corrected chi connectivity index (χ4v) is 3.59. The molecule has 4 nitrogen and oxygen atoms in total. The molecule has 0 bridgehead atoms. The van der Waals surface area contributed by atoms with Gasteiger partial charge in [0, 0.05) is 0 Å². The van der Waals surface area contributed by atoms with Gasteiger partial charge in [-0.3, -0.25) is 4.79 Å². The molecule has 0 spiro atoms. The van der Waals surface area contributed by atoms with Crippen molar-refractivity contribution in [1.82, 2.24) is 4.90 Å². The summed E-state index contributed by atoms with van der Waals surface area (Å²) in [6.07, 6.45) is 3.42. The second kappa shape index (κ2) is 4.43. The van der Waals surface area contributed by atoms with Gasteiger partial charge >= 0.3 is 0 Å². The summed E-state index contributed by atoms with van der Waals surface area (Å²) in [6, 6.07) is 0. The van der Waals surface area contributed by atoms with Crippen LogP contribution in [0.5, 0.6) is 0 Å². The van der Waals surface area contributed by atoms with Gasteiger partial charge in [-0.25, -0.2) is 0 Å². The van der Waals surface area contributed by atoms with Crippen LogP contribution < -0.4 is 5.11 Å². The summed E-state index contributed by atoms with van der Waals surface area (Å²) in [4.78, 5) is 23.8. The lowest BCUT2D eigenvalue weighted by Gasteiger charge is -2.55. The SMILES string of the molecule is CCC1(CC)C(=O)N(CC(=O)[O-])C1SC. The van der Waals surface area contributed by atoms with Crippen molar-refractivity contribution in [3.05, 3.63) is 0 Å². The summed E-state index contributed by atoms with van der Waals surface area (Å²) >= 11 is 1.54. The molecule has 5 heteroatoms. The van der Waals surface area contributed by atoms with Crippen LogP contribution in [0, 0.1) is 5.41 Å². The molecule has 0 N–H and O–H groups in total. The number of hydrogen-bond donors (Lipinski definition) is 0. The number of likely N-dealkylation sites (tertiary alicyclic amines) is 1. The molecule has 0 aliphatic carbocycles. The number of hydrogen-bond acceptors (Lipinski definition) is 4. The van der Waals surface area contributed by atoms with Gasteiger partial charge in [0.2, 0.25) is 5.91 Å². The first-order chi connectivity index (χ1) is 7.03. The Bertz CT molecular complexity index is 276. The third kappa shape index (κ3) is 1.73. The molecular formula is C10H16NO3S-. The Morgan fingerprint density at radius 1 is 1.53 bits per heavy atom. The molecule has 1 aliphatic heterocycles. The number of rotatable bonds is 5. The lowest BCUT2D eigenvalue weighted by atomic mass is 9.73. The van der Waals surface area contributed by atoms with Gasteiger partial charge in [-0.1, -0.05) is 13.8 Å². The minimum atomic E-state index is -1.19. The Labute approximate surface area is 94.0 Å². The number of carboxylic acid groups (broad SMARTS) is 1. The van der Waals surface area contributed by atoms with Crippen molar-refractivity contribution in [2.75, 3.05) is 12.8 Å². The lowest BCUT2D eigenvalue weighted by Crippen LogP contribution is -2.68. The van der Waals surface area contributed by atoms with E-state index in [1.165, 1.54) is 16.7 Å². The molecule has 1 saturated heterocycles. The zero-order valence-corrected chi connectivity index (χ0v) is 10.1. The summed E-state index contributed by atoms with van der Waals surface area (Å²) in [5.41, 5.74) is -0.352. The zero-order valence-electron chi connectivity index (χ0n) is 9.28. The molecule has 0 aromatic carbocycles. The third-order valence-corrected chi connectivity index (χ3v) is 4.38. The summed E-state index contributed by atoms with van der Waals surface area (Å²) in [6.45, 7) is 3.66. The summed E-state index contributed by atoms with van der Waals surface area (Å²) in [7, 11) is 0. The molecule has 0 aromatic rings. The monoisotopic (exact) mass is 230 g/mol. The normalized spacial score (nSPS) is 23.8. The standard InChI is InChI=1S/C10H17NO3S/c1-4-10(5-2)8(14)11(6-7(12)13)9(10)15-3/h9H,4-6H2,1-3H3,(H,12,13)/p-1. The summed E-state index contributed by atoms with van der Waals surface area (Å²) in [5, 5.41) is 10.5.